The van der Waals surface area contributed by atoms with E-state index < -0.39 is 0 Å². The van der Waals surface area contributed by atoms with Crippen molar-refractivity contribution in [1.82, 2.24) is 8.61 Å². The number of carbonyl (C=O) groups is 2. The maximum atomic E-state index is 12.3. The molecule has 28 heavy (non-hydrogen) atoms. The molecule has 2 heterocycles. The Kier molecular flexibility index (Phi) is 11.8. The Morgan fingerprint density at radius 1 is 0.571 bits per heavy atom. The van der Waals surface area contributed by atoms with E-state index in [1.165, 1.54) is 96.9 Å². The van der Waals surface area contributed by atoms with Gasteiger partial charge in [-0.1, -0.05) is 47.3 Å². The molecule has 0 radical (unpaired) electrons. The Hall–Kier alpha value is 1.36. The minimum Gasteiger partial charge on any atom is -0.272 e. The predicted molar refractivity (Wildman–Crippen MR) is 133 cm³/mol. The van der Waals surface area contributed by atoms with Crippen LogP contribution >= 0.6 is 67.1 Å². The fourth-order valence-corrected chi connectivity index (χ4v) is 11.9. The summed E-state index contributed by atoms with van der Waals surface area (Å²) in [7, 11) is 6.34. The highest BCUT2D eigenvalue weighted by Gasteiger charge is 2.29. The molecule has 0 aromatic heterocycles. The summed E-state index contributed by atoms with van der Waals surface area (Å²) in [6.07, 6.45) is 12.2. The van der Waals surface area contributed by atoms with Gasteiger partial charge in [0, 0.05) is 60.6 Å². The molecular weight excluding hydrogens is 469 g/mol. The van der Waals surface area contributed by atoms with Crippen molar-refractivity contribution in [2.45, 2.75) is 74.7 Å². The third-order valence-corrected chi connectivity index (χ3v) is 13.5. The van der Waals surface area contributed by atoms with Gasteiger partial charge < -0.3 is 0 Å². The van der Waals surface area contributed by atoms with Gasteiger partial charge in [-0.25, -0.2) is 8.61 Å². The molecule has 2 saturated heterocycles. The highest BCUT2D eigenvalue weighted by atomic mass is 33.1. The third kappa shape index (κ3) is 8.85. The molecule has 2 atom stereocenters. The maximum absolute atomic E-state index is 12.3. The standard InChI is InChI=1S/C18H30N2O2S6/c21-17(23-19-11-5-1-6-12-19)27-25-15-9-3-4-10-16(15)26-28-18(22)24-20-13-7-2-8-14-20/h15-16H,1-14H2. The first-order chi connectivity index (χ1) is 13.7. The van der Waals surface area contributed by atoms with Crippen molar-refractivity contribution in [2.24, 2.45) is 0 Å². The molecule has 2 aliphatic heterocycles. The molecule has 160 valence electrons. The second-order valence-corrected chi connectivity index (χ2v) is 14.9. The van der Waals surface area contributed by atoms with Gasteiger partial charge in [0.1, 0.15) is 0 Å². The lowest BCUT2D eigenvalue weighted by atomic mass is 10.00. The summed E-state index contributed by atoms with van der Waals surface area (Å²) >= 11 is 2.82. The zero-order valence-electron chi connectivity index (χ0n) is 16.2. The summed E-state index contributed by atoms with van der Waals surface area (Å²) in [4.78, 5) is 24.7. The van der Waals surface area contributed by atoms with Crippen LogP contribution in [0.1, 0.15) is 64.2 Å². The molecule has 0 aromatic carbocycles. The molecule has 3 aliphatic rings. The first-order valence-electron chi connectivity index (χ1n) is 10.3. The quantitative estimate of drug-likeness (QED) is 0.270. The smallest absolute Gasteiger partial charge is 0.271 e. The van der Waals surface area contributed by atoms with Crippen molar-refractivity contribution in [3.8, 4) is 0 Å². The molecule has 10 heteroatoms. The van der Waals surface area contributed by atoms with Gasteiger partial charge in [0.2, 0.25) is 0 Å². The number of rotatable bonds is 6. The summed E-state index contributed by atoms with van der Waals surface area (Å²) in [5.41, 5.74) is 0. The molecule has 0 aromatic rings. The molecule has 0 amide bonds. The zero-order chi connectivity index (χ0) is 19.6. The Morgan fingerprint density at radius 3 is 1.36 bits per heavy atom. The fraction of sp³-hybridized carbons (Fsp3) is 0.889. The summed E-state index contributed by atoms with van der Waals surface area (Å²) in [5, 5.41) is 0.935. The largest absolute Gasteiger partial charge is 0.272 e. The van der Waals surface area contributed by atoms with Crippen LogP contribution in [0.2, 0.25) is 0 Å². The lowest BCUT2D eigenvalue weighted by Crippen LogP contribution is -2.25. The van der Waals surface area contributed by atoms with Gasteiger partial charge in [-0.2, -0.15) is 0 Å². The van der Waals surface area contributed by atoms with E-state index in [1.54, 1.807) is 21.6 Å². The van der Waals surface area contributed by atoms with E-state index in [4.69, 9.17) is 0 Å². The number of hydrogen-bond donors (Lipinski definition) is 0. The molecular formula is C18H30N2O2S6. The fourth-order valence-electron chi connectivity index (χ4n) is 3.64. The van der Waals surface area contributed by atoms with Crippen molar-refractivity contribution in [3.05, 3.63) is 0 Å². The van der Waals surface area contributed by atoms with Crippen molar-refractivity contribution in [3.63, 3.8) is 0 Å². The minimum absolute atomic E-state index is 0.214. The zero-order valence-corrected chi connectivity index (χ0v) is 21.1. The topological polar surface area (TPSA) is 40.6 Å². The Bertz CT molecular complexity index is 456. The average molecular weight is 499 g/mol. The molecule has 1 aliphatic carbocycles. The van der Waals surface area contributed by atoms with Gasteiger partial charge in [-0.15, -0.1) is 0 Å². The normalized spacial score (nSPS) is 27.6. The van der Waals surface area contributed by atoms with Gasteiger partial charge in [-0.3, -0.25) is 9.59 Å². The van der Waals surface area contributed by atoms with Crippen LogP contribution in [0.25, 0.3) is 0 Å². The summed E-state index contributed by atoms with van der Waals surface area (Å²) in [6, 6.07) is 0. The number of hydrogen-bond acceptors (Lipinski definition) is 10. The van der Waals surface area contributed by atoms with E-state index in [9.17, 15) is 9.59 Å². The van der Waals surface area contributed by atoms with E-state index >= 15 is 0 Å². The number of nitrogens with zero attached hydrogens (tertiary/aromatic N) is 2. The maximum Gasteiger partial charge on any atom is 0.271 e. The minimum atomic E-state index is 0.214. The lowest BCUT2D eigenvalue weighted by molar-refractivity contribution is 0.274. The van der Waals surface area contributed by atoms with Gasteiger partial charge in [-0.05, 0) is 60.1 Å². The highest BCUT2D eigenvalue weighted by Crippen LogP contribution is 2.47. The predicted octanol–water partition coefficient (Wildman–Crippen LogP) is 7.57. The second-order valence-electron chi connectivity index (χ2n) is 7.38. The van der Waals surface area contributed by atoms with Crippen molar-refractivity contribution in [1.29, 1.82) is 0 Å². The van der Waals surface area contributed by atoms with Crippen LogP contribution in [0.4, 0.5) is 9.59 Å². The van der Waals surface area contributed by atoms with Crippen LogP contribution in [0.15, 0.2) is 0 Å². The molecule has 2 unspecified atom stereocenters. The highest BCUT2D eigenvalue weighted by molar-refractivity contribution is 8.87. The molecule has 1 saturated carbocycles. The first-order valence-corrected chi connectivity index (χ1v) is 16.3. The molecule has 0 spiro atoms. The van der Waals surface area contributed by atoms with Gasteiger partial charge >= 0.3 is 0 Å². The van der Waals surface area contributed by atoms with E-state index in [-0.39, 0.29) is 8.89 Å². The SMILES string of the molecule is O=C(SSC1CCCCC1SSC(=O)SN1CCCCC1)SN1CCCCC1. The van der Waals surface area contributed by atoms with Gasteiger partial charge in [0.15, 0.2) is 0 Å². The first kappa shape index (κ1) is 24.0. The lowest BCUT2D eigenvalue weighted by Gasteiger charge is -2.30. The molecule has 0 N–H and O–H groups in total. The Labute approximate surface area is 194 Å². The number of piperidine rings is 2. The molecule has 3 fully saturated rings. The van der Waals surface area contributed by atoms with Crippen LogP contribution in [-0.2, 0) is 0 Å². The molecule has 3 rings (SSSR count). The van der Waals surface area contributed by atoms with Crippen molar-refractivity contribution in [2.75, 3.05) is 26.2 Å². The van der Waals surface area contributed by atoms with E-state index in [2.05, 4.69) is 8.61 Å². The second kappa shape index (κ2) is 13.7. The number of carbonyl (C=O) groups excluding carboxylic acids is 2. The van der Waals surface area contributed by atoms with Crippen molar-refractivity contribution >= 4 is 76.0 Å². The average Bonchev–Trinajstić information content (AvgIpc) is 2.73. The van der Waals surface area contributed by atoms with Crippen LogP contribution in [0.3, 0.4) is 0 Å². The third-order valence-electron chi connectivity index (χ3n) is 5.16. The summed E-state index contributed by atoms with van der Waals surface area (Å²) < 4.78 is 4.87. The molecule has 4 nitrogen and oxygen atoms in total. The Morgan fingerprint density at radius 2 is 0.964 bits per heavy atom. The van der Waals surface area contributed by atoms with Crippen molar-refractivity contribution < 1.29 is 9.59 Å². The van der Waals surface area contributed by atoms with Crippen LogP contribution in [0, 0.1) is 0 Å². The van der Waals surface area contributed by atoms with Crippen LogP contribution in [-0.4, -0.2) is 54.2 Å². The van der Waals surface area contributed by atoms with E-state index in [0.717, 1.165) is 39.0 Å². The van der Waals surface area contributed by atoms with E-state index in [1.807, 2.05) is 0 Å². The molecule has 0 bridgehead atoms. The van der Waals surface area contributed by atoms with Gasteiger partial charge in [0.05, 0.1) is 0 Å². The summed E-state index contributed by atoms with van der Waals surface area (Å²) in [5.74, 6) is 0. The van der Waals surface area contributed by atoms with Crippen LogP contribution in [0.5, 0.6) is 0 Å². The van der Waals surface area contributed by atoms with Crippen LogP contribution < -0.4 is 0 Å². The Balaban J connectivity index is 1.35. The van der Waals surface area contributed by atoms with Gasteiger partial charge in [0.25, 0.3) is 8.89 Å². The van der Waals surface area contributed by atoms with E-state index in [0.29, 0.717) is 10.5 Å². The monoisotopic (exact) mass is 498 g/mol. The summed E-state index contributed by atoms with van der Waals surface area (Å²) in [6.45, 7) is 4.15.